The summed E-state index contributed by atoms with van der Waals surface area (Å²) in [7, 11) is 1.71. The maximum atomic E-state index is 5.24. The summed E-state index contributed by atoms with van der Waals surface area (Å²) in [6, 6.07) is 17.7. The van der Waals surface area contributed by atoms with E-state index in [1.807, 2.05) is 12.1 Å². The van der Waals surface area contributed by atoms with Gasteiger partial charge in [-0.3, -0.25) is 4.90 Å². The van der Waals surface area contributed by atoms with Crippen LogP contribution in [0.4, 0.5) is 0 Å². The molecule has 1 fully saturated rings. The van der Waals surface area contributed by atoms with Gasteiger partial charge in [-0.25, -0.2) is 0 Å². The third kappa shape index (κ3) is 3.92. The molecule has 1 N–H and O–H groups in total. The standard InChI is InChI=1S/C20H26N2O/c1-3-17-6-4-5-7-19(17)20-15-22(13-12-21-20)14-16-8-10-18(23-2)11-9-16/h4-11,20-21H,3,12-15H2,1-2H3. The Bertz CT molecular complexity index is 624. The summed E-state index contributed by atoms with van der Waals surface area (Å²) in [5.41, 5.74) is 4.25. The molecule has 3 rings (SSSR count). The molecule has 2 aromatic carbocycles. The minimum absolute atomic E-state index is 0.429. The van der Waals surface area contributed by atoms with Gasteiger partial charge in [0.05, 0.1) is 7.11 Å². The molecule has 1 aliphatic heterocycles. The van der Waals surface area contributed by atoms with Crippen LogP contribution in [0, 0.1) is 0 Å². The fourth-order valence-corrected chi connectivity index (χ4v) is 3.35. The van der Waals surface area contributed by atoms with Crippen LogP contribution < -0.4 is 10.1 Å². The van der Waals surface area contributed by atoms with Crippen molar-refractivity contribution >= 4 is 0 Å². The maximum absolute atomic E-state index is 5.24. The van der Waals surface area contributed by atoms with Crippen molar-refractivity contribution in [3.63, 3.8) is 0 Å². The molecule has 23 heavy (non-hydrogen) atoms. The topological polar surface area (TPSA) is 24.5 Å². The summed E-state index contributed by atoms with van der Waals surface area (Å²) >= 11 is 0. The third-order valence-corrected chi connectivity index (χ3v) is 4.64. The number of benzene rings is 2. The molecule has 3 heteroatoms. The van der Waals surface area contributed by atoms with E-state index in [-0.39, 0.29) is 0 Å². The summed E-state index contributed by atoms with van der Waals surface area (Å²) in [6.45, 7) is 6.42. The molecule has 1 unspecified atom stereocenters. The molecule has 1 saturated heterocycles. The molecule has 0 radical (unpaired) electrons. The van der Waals surface area contributed by atoms with Gasteiger partial charge in [0.2, 0.25) is 0 Å². The van der Waals surface area contributed by atoms with Crippen LogP contribution in [0.25, 0.3) is 0 Å². The molecule has 0 saturated carbocycles. The van der Waals surface area contributed by atoms with Gasteiger partial charge in [-0.1, -0.05) is 43.3 Å². The summed E-state index contributed by atoms with van der Waals surface area (Å²) in [5, 5.41) is 3.68. The molecular formula is C20H26N2O. The highest BCUT2D eigenvalue weighted by atomic mass is 16.5. The molecule has 0 aliphatic carbocycles. The molecule has 0 bridgehead atoms. The number of nitrogens with one attached hydrogen (secondary N) is 1. The number of hydrogen-bond acceptors (Lipinski definition) is 3. The molecule has 1 heterocycles. The van der Waals surface area contributed by atoms with E-state index < -0.39 is 0 Å². The molecular weight excluding hydrogens is 284 g/mol. The Morgan fingerprint density at radius 3 is 2.65 bits per heavy atom. The van der Waals surface area contributed by atoms with Crippen molar-refractivity contribution in [3.8, 4) is 5.75 Å². The summed E-state index contributed by atoms with van der Waals surface area (Å²) in [4.78, 5) is 2.54. The monoisotopic (exact) mass is 310 g/mol. The van der Waals surface area contributed by atoms with Gasteiger partial charge in [-0.15, -0.1) is 0 Å². The lowest BCUT2D eigenvalue weighted by molar-refractivity contribution is 0.193. The molecule has 2 aromatic rings. The Morgan fingerprint density at radius 1 is 1.13 bits per heavy atom. The van der Waals surface area contributed by atoms with Crippen LogP contribution in [0.2, 0.25) is 0 Å². The van der Waals surface area contributed by atoms with Crippen LogP contribution >= 0.6 is 0 Å². The minimum Gasteiger partial charge on any atom is -0.497 e. The number of aryl methyl sites for hydroxylation is 1. The maximum Gasteiger partial charge on any atom is 0.118 e. The average molecular weight is 310 g/mol. The Balaban J connectivity index is 1.68. The van der Waals surface area contributed by atoms with Crippen LogP contribution in [0.1, 0.15) is 29.7 Å². The molecule has 1 aliphatic rings. The number of methoxy groups -OCH3 is 1. The Kier molecular flexibility index (Phi) is 5.31. The van der Waals surface area contributed by atoms with Crippen molar-refractivity contribution < 1.29 is 4.74 Å². The fraction of sp³-hybridized carbons (Fsp3) is 0.400. The van der Waals surface area contributed by atoms with E-state index in [2.05, 4.69) is 53.5 Å². The second-order valence-electron chi connectivity index (χ2n) is 6.14. The van der Waals surface area contributed by atoms with Gasteiger partial charge in [-0.05, 0) is 35.2 Å². The first kappa shape index (κ1) is 16.0. The smallest absolute Gasteiger partial charge is 0.118 e. The first-order chi connectivity index (χ1) is 11.3. The lowest BCUT2D eigenvalue weighted by atomic mass is 9.97. The fourth-order valence-electron chi connectivity index (χ4n) is 3.35. The lowest BCUT2D eigenvalue weighted by Gasteiger charge is -2.34. The van der Waals surface area contributed by atoms with Gasteiger partial charge in [0, 0.05) is 32.2 Å². The van der Waals surface area contributed by atoms with E-state index in [1.54, 1.807) is 7.11 Å². The van der Waals surface area contributed by atoms with Crippen molar-refractivity contribution in [2.24, 2.45) is 0 Å². The van der Waals surface area contributed by atoms with Crippen LogP contribution in [-0.4, -0.2) is 31.6 Å². The van der Waals surface area contributed by atoms with Crippen molar-refractivity contribution in [1.82, 2.24) is 10.2 Å². The van der Waals surface area contributed by atoms with Crippen LogP contribution in [0.15, 0.2) is 48.5 Å². The number of ether oxygens (including phenoxy) is 1. The lowest BCUT2D eigenvalue weighted by Crippen LogP contribution is -2.45. The second-order valence-corrected chi connectivity index (χ2v) is 6.14. The Labute approximate surface area is 139 Å². The predicted molar refractivity (Wildman–Crippen MR) is 94.8 cm³/mol. The van der Waals surface area contributed by atoms with Gasteiger partial charge in [0.25, 0.3) is 0 Å². The molecule has 0 amide bonds. The SMILES string of the molecule is CCc1ccccc1C1CN(Cc2ccc(OC)cc2)CCN1. The number of hydrogen-bond donors (Lipinski definition) is 1. The zero-order valence-electron chi connectivity index (χ0n) is 14.1. The minimum atomic E-state index is 0.429. The Morgan fingerprint density at radius 2 is 1.91 bits per heavy atom. The van der Waals surface area contributed by atoms with E-state index >= 15 is 0 Å². The van der Waals surface area contributed by atoms with Gasteiger partial charge in [0.15, 0.2) is 0 Å². The second kappa shape index (κ2) is 7.62. The normalized spacial score (nSPS) is 18.8. The van der Waals surface area contributed by atoms with Gasteiger partial charge in [-0.2, -0.15) is 0 Å². The van der Waals surface area contributed by atoms with Crippen molar-refractivity contribution in [1.29, 1.82) is 0 Å². The van der Waals surface area contributed by atoms with E-state index in [0.717, 1.165) is 38.3 Å². The highest BCUT2D eigenvalue weighted by molar-refractivity contribution is 5.31. The highest BCUT2D eigenvalue weighted by Crippen LogP contribution is 2.23. The quantitative estimate of drug-likeness (QED) is 0.916. The molecule has 0 aromatic heterocycles. The zero-order chi connectivity index (χ0) is 16.1. The van der Waals surface area contributed by atoms with E-state index in [9.17, 15) is 0 Å². The summed E-state index contributed by atoms with van der Waals surface area (Å²) in [5.74, 6) is 0.920. The molecule has 3 nitrogen and oxygen atoms in total. The zero-order valence-corrected chi connectivity index (χ0v) is 14.1. The molecule has 0 spiro atoms. The molecule has 1 atom stereocenters. The van der Waals surface area contributed by atoms with Crippen molar-refractivity contribution in [2.45, 2.75) is 25.9 Å². The van der Waals surface area contributed by atoms with E-state index in [1.165, 1.54) is 16.7 Å². The number of piperazine rings is 1. The van der Waals surface area contributed by atoms with Gasteiger partial charge in [0.1, 0.15) is 5.75 Å². The number of rotatable bonds is 5. The van der Waals surface area contributed by atoms with Crippen LogP contribution in [0.3, 0.4) is 0 Å². The molecule has 122 valence electrons. The largest absolute Gasteiger partial charge is 0.497 e. The predicted octanol–water partition coefficient (Wildman–Crippen LogP) is 3.40. The van der Waals surface area contributed by atoms with Gasteiger partial charge >= 0.3 is 0 Å². The third-order valence-electron chi connectivity index (χ3n) is 4.64. The van der Waals surface area contributed by atoms with Crippen molar-refractivity contribution in [2.75, 3.05) is 26.7 Å². The first-order valence-electron chi connectivity index (χ1n) is 8.46. The van der Waals surface area contributed by atoms with E-state index in [4.69, 9.17) is 4.74 Å². The van der Waals surface area contributed by atoms with Crippen LogP contribution in [0.5, 0.6) is 5.75 Å². The first-order valence-corrected chi connectivity index (χ1v) is 8.46. The highest BCUT2D eigenvalue weighted by Gasteiger charge is 2.22. The average Bonchev–Trinajstić information content (AvgIpc) is 2.62. The summed E-state index contributed by atoms with van der Waals surface area (Å²) in [6.07, 6.45) is 1.09. The summed E-state index contributed by atoms with van der Waals surface area (Å²) < 4.78 is 5.24. The number of nitrogens with zero attached hydrogens (tertiary/aromatic N) is 1. The van der Waals surface area contributed by atoms with E-state index in [0.29, 0.717) is 6.04 Å². The van der Waals surface area contributed by atoms with Crippen molar-refractivity contribution in [3.05, 3.63) is 65.2 Å². The van der Waals surface area contributed by atoms with Crippen LogP contribution in [-0.2, 0) is 13.0 Å². The Hall–Kier alpha value is -1.84. The van der Waals surface area contributed by atoms with Gasteiger partial charge < -0.3 is 10.1 Å².